The van der Waals surface area contributed by atoms with Crippen LogP contribution >= 0.6 is 22.6 Å². The van der Waals surface area contributed by atoms with Gasteiger partial charge in [-0.25, -0.2) is 0 Å². The number of aliphatic hydroxyl groups excluding tert-OH is 2. The van der Waals surface area contributed by atoms with Crippen molar-refractivity contribution in [3.8, 4) is 0 Å². The van der Waals surface area contributed by atoms with Gasteiger partial charge in [-0.2, -0.15) is 5.06 Å². The second-order valence-corrected chi connectivity index (χ2v) is 7.88. The molecular formula is C19H29IN2O5. The van der Waals surface area contributed by atoms with Crippen LogP contribution in [0.15, 0.2) is 24.3 Å². The van der Waals surface area contributed by atoms with E-state index in [-0.39, 0.29) is 12.5 Å². The standard InChI is InChI=1S/C19H29IN2O5/c1-3-26-10-4-9-21-19(25)18-17(13(2)24)16(12-23)27-22(18)11-14-5-7-15(20)8-6-14/h5-8,13,16-18,23-24H,3-4,9-12H2,1-2H3,(H,21,25)/t13-,16-,17+,18-/m1/s1. The number of carbonyl (C=O) groups is 1. The molecule has 0 saturated carbocycles. The van der Waals surface area contributed by atoms with Crippen molar-refractivity contribution in [1.82, 2.24) is 10.4 Å². The maximum atomic E-state index is 12.8. The minimum absolute atomic E-state index is 0.209. The van der Waals surface area contributed by atoms with Gasteiger partial charge in [0, 0.05) is 29.2 Å². The van der Waals surface area contributed by atoms with Crippen LogP contribution in [0.3, 0.4) is 0 Å². The Bertz CT molecular complexity index is 584. The van der Waals surface area contributed by atoms with Crippen LogP contribution in [0.25, 0.3) is 0 Å². The van der Waals surface area contributed by atoms with E-state index in [0.717, 1.165) is 9.13 Å². The highest BCUT2D eigenvalue weighted by Crippen LogP contribution is 2.32. The van der Waals surface area contributed by atoms with Crippen molar-refractivity contribution in [3.05, 3.63) is 33.4 Å². The SMILES string of the molecule is CCOCCCNC(=O)[C@H]1[C@@H]([C@@H](C)O)[C@@H](CO)ON1Cc1ccc(I)cc1. The topological polar surface area (TPSA) is 91.3 Å². The molecule has 1 aliphatic rings. The van der Waals surface area contributed by atoms with E-state index in [9.17, 15) is 15.0 Å². The molecule has 0 spiro atoms. The first-order valence-corrected chi connectivity index (χ1v) is 10.4. The van der Waals surface area contributed by atoms with Gasteiger partial charge >= 0.3 is 0 Å². The number of carbonyl (C=O) groups excluding carboxylic acids is 1. The maximum Gasteiger partial charge on any atom is 0.240 e. The van der Waals surface area contributed by atoms with Crippen LogP contribution < -0.4 is 5.32 Å². The highest BCUT2D eigenvalue weighted by atomic mass is 127. The Morgan fingerprint density at radius 2 is 2.11 bits per heavy atom. The molecule has 1 aliphatic heterocycles. The van der Waals surface area contributed by atoms with Gasteiger partial charge in [-0.1, -0.05) is 12.1 Å². The summed E-state index contributed by atoms with van der Waals surface area (Å²) in [5.41, 5.74) is 0.993. The van der Waals surface area contributed by atoms with Gasteiger partial charge in [-0.15, -0.1) is 0 Å². The van der Waals surface area contributed by atoms with Gasteiger partial charge in [-0.05, 0) is 60.6 Å². The molecule has 0 bridgehead atoms. The molecule has 0 unspecified atom stereocenters. The second-order valence-electron chi connectivity index (χ2n) is 6.63. The summed E-state index contributed by atoms with van der Waals surface area (Å²) in [7, 11) is 0. The molecule has 1 aromatic rings. The van der Waals surface area contributed by atoms with Gasteiger partial charge in [-0.3, -0.25) is 9.63 Å². The van der Waals surface area contributed by atoms with Crippen LogP contribution in [0.5, 0.6) is 0 Å². The number of benzene rings is 1. The first-order chi connectivity index (χ1) is 13.0. The van der Waals surface area contributed by atoms with E-state index in [4.69, 9.17) is 9.57 Å². The van der Waals surface area contributed by atoms with E-state index in [1.807, 2.05) is 31.2 Å². The van der Waals surface area contributed by atoms with Crippen molar-refractivity contribution in [3.63, 3.8) is 0 Å². The molecule has 1 amide bonds. The van der Waals surface area contributed by atoms with Crippen molar-refractivity contribution in [2.75, 3.05) is 26.4 Å². The summed E-state index contributed by atoms with van der Waals surface area (Å²) in [6.07, 6.45) is -0.691. The van der Waals surface area contributed by atoms with Crippen molar-refractivity contribution < 1.29 is 24.6 Å². The molecule has 1 fully saturated rings. The number of hydrogen-bond donors (Lipinski definition) is 3. The smallest absolute Gasteiger partial charge is 0.240 e. The summed E-state index contributed by atoms with van der Waals surface area (Å²) in [6.45, 7) is 5.42. The first-order valence-electron chi connectivity index (χ1n) is 9.30. The monoisotopic (exact) mass is 492 g/mol. The second kappa shape index (κ2) is 11.3. The summed E-state index contributed by atoms with van der Waals surface area (Å²) in [6, 6.07) is 7.26. The average molecular weight is 492 g/mol. The van der Waals surface area contributed by atoms with Crippen LogP contribution in [0.4, 0.5) is 0 Å². The molecule has 0 aliphatic carbocycles. The number of nitrogens with zero attached hydrogens (tertiary/aromatic N) is 1. The third-order valence-corrected chi connectivity index (χ3v) is 5.32. The average Bonchev–Trinajstić information content (AvgIpc) is 3.02. The van der Waals surface area contributed by atoms with Crippen molar-refractivity contribution >= 4 is 28.5 Å². The van der Waals surface area contributed by atoms with Gasteiger partial charge in [0.05, 0.1) is 19.3 Å². The molecular weight excluding hydrogens is 463 g/mol. The van der Waals surface area contributed by atoms with Gasteiger partial charge in [0.2, 0.25) is 5.91 Å². The molecule has 152 valence electrons. The molecule has 7 nitrogen and oxygen atoms in total. The van der Waals surface area contributed by atoms with Crippen LogP contribution in [-0.4, -0.2) is 65.8 Å². The zero-order valence-electron chi connectivity index (χ0n) is 15.8. The van der Waals surface area contributed by atoms with E-state index < -0.39 is 24.2 Å². The van der Waals surface area contributed by atoms with Crippen LogP contribution in [-0.2, 0) is 20.9 Å². The predicted octanol–water partition coefficient (Wildman–Crippen LogP) is 1.31. The molecule has 4 atom stereocenters. The van der Waals surface area contributed by atoms with Gasteiger partial charge in [0.1, 0.15) is 12.1 Å². The fourth-order valence-electron chi connectivity index (χ4n) is 3.28. The summed E-state index contributed by atoms with van der Waals surface area (Å²) >= 11 is 2.24. The van der Waals surface area contributed by atoms with Gasteiger partial charge < -0.3 is 20.3 Å². The van der Waals surface area contributed by atoms with E-state index in [2.05, 4.69) is 27.9 Å². The number of hydrogen-bond acceptors (Lipinski definition) is 6. The number of amides is 1. The predicted molar refractivity (Wildman–Crippen MR) is 110 cm³/mol. The van der Waals surface area contributed by atoms with Gasteiger partial charge in [0.25, 0.3) is 0 Å². The lowest BCUT2D eigenvalue weighted by molar-refractivity contribution is -0.181. The Morgan fingerprint density at radius 1 is 1.41 bits per heavy atom. The van der Waals surface area contributed by atoms with E-state index in [0.29, 0.717) is 32.7 Å². The third kappa shape index (κ3) is 6.37. The summed E-state index contributed by atoms with van der Waals surface area (Å²) in [5.74, 6) is -0.718. The van der Waals surface area contributed by atoms with Crippen molar-refractivity contribution in [2.24, 2.45) is 5.92 Å². The number of hydroxylamine groups is 2. The molecule has 0 radical (unpaired) electrons. The molecule has 1 heterocycles. The van der Waals surface area contributed by atoms with Crippen LogP contribution in [0, 0.1) is 9.49 Å². The number of aliphatic hydroxyl groups is 2. The molecule has 0 aromatic heterocycles. The third-order valence-electron chi connectivity index (χ3n) is 4.60. The minimum atomic E-state index is -0.789. The van der Waals surface area contributed by atoms with Crippen LogP contribution in [0.2, 0.25) is 0 Å². The molecule has 2 rings (SSSR count). The Kier molecular flexibility index (Phi) is 9.40. The lowest BCUT2D eigenvalue weighted by Crippen LogP contribution is -2.49. The Labute approximate surface area is 174 Å². The minimum Gasteiger partial charge on any atom is -0.394 e. The van der Waals surface area contributed by atoms with Gasteiger partial charge in [0.15, 0.2) is 0 Å². The van der Waals surface area contributed by atoms with Crippen molar-refractivity contribution in [2.45, 2.75) is 45.1 Å². The fraction of sp³-hybridized carbons (Fsp3) is 0.632. The number of nitrogens with one attached hydrogen (secondary N) is 1. The number of ether oxygens (including phenoxy) is 1. The zero-order chi connectivity index (χ0) is 19.8. The Balaban J connectivity index is 2.09. The lowest BCUT2D eigenvalue weighted by Gasteiger charge is -2.26. The zero-order valence-corrected chi connectivity index (χ0v) is 18.0. The quantitative estimate of drug-likeness (QED) is 0.337. The lowest BCUT2D eigenvalue weighted by atomic mass is 9.89. The molecule has 1 aromatic carbocycles. The maximum absolute atomic E-state index is 12.8. The molecule has 3 N–H and O–H groups in total. The first kappa shape index (κ1) is 22.5. The van der Waals surface area contributed by atoms with Crippen molar-refractivity contribution in [1.29, 1.82) is 0 Å². The molecule has 8 heteroatoms. The largest absolute Gasteiger partial charge is 0.394 e. The van der Waals surface area contributed by atoms with Crippen LogP contribution in [0.1, 0.15) is 25.8 Å². The highest BCUT2D eigenvalue weighted by Gasteiger charge is 2.49. The van der Waals surface area contributed by atoms with E-state index >= 15 is 0 Å². The molecule has 27 heavy (non-hydrogen) atoms. The highest BCUT2D eigenvalue weighted by molar-refractivity contribution is 14.1. The summed E-state index contributed by atoms with van der Waals surface area (Å²) < 4.78 is 6.41. The van der Waals surface area contributed by atoms with E-state index in [1.54, 1.807) is 12.0 Å². The van der Waals surface area contributed by atoms with E-state index in [1.165, 1.54) is 0 Å². The number of halogens is 1. The Hall–Kier alpha value is -0.780. The number of rotatable bonds is 10. The Morgan fingerprint density at radius 3 is 2.70 bits per heavy atom. The molecule has 1 saturated heterocycles. The summed E-state index contributed by atoms with van der Waals surface area (Å²) in [4.78, 5) is 18.7. The fourth-order valence-corrected chi connectivity index (χ4v) is 3.64. The summed E-state index contributed by atoms with van der Waals surface area (Å²) in [5, 5.41) is 24.4. The normalized spacial score (nSPS) is 24.1.